The van der Waals surface area contributed by atoms with Gasteiger partial charge in [-0.3, -0.25) is 0 Å². The molecule has 0 saturated carbocycles. The Balaban J connectivity index is 2.87. The second-order valence-corrected chi connectivity index (χ2v) is 4.95. The van der Waals surface area contributed by atoms with Gasteiger partial charge >= 0.3 is 0 Å². The lowest BCUT2D eigenvalue weighted by Crippen LogP contribution is -1.99. The maximum atomic E-state index is 5.89. The Morgan fingerprint density at radius 2 is 2.00 bits per heavy atom. The van der Waals surface area contributed by atoms with Gasteiger partial charge in [0.25, 0.3) is 0 Å². The molecule has 0 aromatic heterocycles. The van der Waals surface area contributed by atoms with E-state index in [1.54, 1.807) is 6.08 Å². The topological polar surface area (TPSA) is 35.2 Å². The first-order chi connectivity index (χ1) is 9.60. The van der Waals surface area contributed by atoms with Gasteiger partial charge in [0, 0.05) is 6.54 Å². The number of ether oxygens (including phenoxy) is 1. The van der Waals surface area contributed by atoms with Crippen molar-refractivity contribution < 1.29 is 4.74 Å². The van der Waals surface area contributed by atoms with E-state index in [-0.39, 0.29) is 0 Å². The van der Waals surface area contributed by atoms with Gasteiger partial charge in [-0.1, -0.05) is 44.2 Å². The third-order valence-corrected chi connectivity index (χ3v) is 3.44. The molecule has 2 nitrogen and oxygen atoms in total. The van der Waals surface area contributed by atoms with Crippen molar-refractivity contribution in [2.75, 3.05) is 0 Å². The number of hydrogen-bond acceptors (Lipinski definition) is 2. The number of benzene rings is 1. The molecule has 0 amide bonds. The van der Waals surface area contributed by atoms with Gasteiger partial charge in [-0.15, -0.1) is 0 Å². The van der Waals surface area contributed by atoms with Crippen LogP contribution in [0.4, 0.5) is 0 Å². The highest BCUT2D eigenvalue weighted by Crippen LogP contribution is 2.20. The summed E-state index contributed by atoms with van der Waals surface area (Å²) < 4.78 is 5.89. The zero-order chi connectivity index (χ0) is 15.0. The summed E-state index contributed by atoms with van der Waals surface area (Å²) in [5.74, 6) is 2.16. The predicted molar refractivity (Wildman–Crippen MR) is 86.5 cm³/mol. The molecule has 1 aromatic rings. The third kappa shape index (κ3) is 5.06. The van der Waals surface area contributed by atoms with Crippen LogP contribution in [0.25, 0.3) is 0 Å². The Morgan fingerprint density at radius 1 is 1.35 bits per heavy atom. The van der Waals surface area contributed by atoms with Crippen molar-refractivity contribution in [1.29, 1.82) is 0 Å². The van der Waals surface area contributed by atoms with Crippen molar-refractivity contribution >= 4 is 0 Å². The molecule has 0 spiro atoms. The summed E-state index contributed by atoms with van der Waals surface area (Å²) in [5.41, 5.74) is 7.99. The Hall–Kier alpha value is -1.80. The standard InChI is InChI=1S/C18H25NO/c1-5-7-18(12-15(4)14(3)6-2)20-17-10-8-16(13-19)9-11-17/h5,7-12,14H,1,6,13,19H2,2-4H3. The van der Waals surface area contributed by atoms with Crippen LogP contribution in [0.1, 0.15) is 32.8 Å². The van der Waals surface area contributed by atoms with Crippen molar-refractivity contribution in [1.82, 2.24) is 0 Å². The number of hydrogen-bond donors (Lipinski definition) is 1. The molecule has 2 heteroatoms. The molecule has 2 N–H and O–H groups in total. The number of nitrogens with two attached hydrogens (primary N) is 1. The summed E-state index contributed by atoms with van der Waals surface area (Å²) in [5, 5.41) is 0. The van der Waals surface area contributed by atoms with E-state index >= 15 is 0 Å². The van der Waals surface area contributed by atoms with E-state index in [2.05, 4.69) is 33.4 Å². The van der Waals surface area contributed by atoms with E-state index in [4.69, 9.17) is 10.5 Å². The molecule has 0 heterocycles. The van der Waals surface area contributed by atoms with Crippen LogP contribution in [0, 0.1) is 5.92 Å². The van der Waals surface area contributed by atoms with Crippen LogP contribution in [0.2, 0.25) is 0 Å². The molecule has 0 aliphatic heterocycles. The molecule has 0 fully saturated rings. The second kappa shape index (κ2) is 8.39. The van der Waals surface area contributed by atoms with Gasteiger partial charge in [-0.2, -0.15) is 0 Å². The van der Waals surface area contributed by atoms with Gasteiger partial charge in [-0.05, 0) is 49.1 Å². The van der Waals surface area contributed by atoms with Gasteiger partial charge in [0.05, 0.1) is 0 Å². The molecular formula is C18H25NO. The van der Waals surface area contributed by atoms with E-state index in [1.807, 2.05) is 30.3 Å². The summed E-state index contributed by atoms with van der Waals surface area (Å²) in [7, 11) is 0. The van der Waals surface area contributed by atoms with Gasteiger partial charge < -0.3 is 10.5 Å². The van der Waals surface area contributed by atoms with Crippen LogP contribution in [0.5, 0.6) is 5.75 Å². The van der Waals surface area contributed by atoms with Gasteiger partial charge in [0.15, 0.2) is 0 Å². The van der Waals surface area contributed by atoms with E-state index in [0.717, 1.165) is 23.5 Å². The van der Waals surface area contributed by atoms with Gasteiger partial charge in [-0.25, -0.2) is 0 Å². The molecule has 108 valence electrons. The highest BCUT2D eigenvalue weighted by molar-refractivity contribution is 5.32. The highest BCUT2D eigenvalue weighted by Gasteiger charge is 2.04. The number of rotatable bonds is 7. The van der Waals surface area contributed by atoms with Crippen molar-refractivity contribution in [3.8, 4) is 5.75 Å². The monoisotopic (exact) mass is 271 g/mol. The molecule has 0 bridgehead atoms. The van der Waals surface area contributed by atoms with E-state index in [9.17, 15) is 0 Å². The summed E-state index contributed by atoms with van der Waals surface area (Å²) in [6, 6.07) is 7.83. The Bertz CT molecular complexity index is 483. The molecule has 0 radical (unpaired) electrons. The molecule has 1 rings (SSSR count). The lowest BCUT2D eigenvalue weighted by molar-refractivity contribution is 0.442. The minimum absolute atomic E-state index is 0.544. The van der Waals surface area contributed by atoms with Crippen LogP contribution in [0.15, 0.2) is 60.4 Å². The molecule has 0 aliphatic carbocycles. The van der Waals surface area contributed by atoms with E-state index < -0.39 is 0 Å². The minimum atomic E-state index is 0.544. The smallest absolute Gasteiger partial charge is 0.127 e. The van der Waals surface area contributed by atoms with Crippen LogP contribution in [0.3, 0.4) is 0 Å². The van der Waals surface area contributed by atoms with Crippen LogP contribution < -0.4 is 10.5 Å². The van der Waals surface area contributed by atoms with Crippen molar-refractivity contribution in [3.05, 3.63) is 66.0 Å². The first-order valence-electron chi connectivity index (χ1n) is 7.08. The van der Waals surface area contributed by atoms with E-state index in [0.29, 0.717) is 12.5 Å². The lowest BCUT2D eigenvalue weighted by Gasteiger charge is -2.12. The molecular weight excluding hydrogens is 246 g/mol. The quantitative estimate of drug-likeness (QED) is 0.581. The van der Waals surface area contributed by atoms with Crippen molar-refractivity contribution in [3.63, 3.8) is 0 Å². The fourth-order valence-corrected chi connectivity index (χ4v) is 1.75. The summed E-state index contributed by atoms with van der Waals surface area (Å²) in [4.78, 5) is 0. The molecule has 0 aliphatic rings. The average Bonchev–Trinajstić information content (AvgIpc) is 2.47. The third-order valence-electron chi connectivity index (χ3n) is 3.44. The minimum Gasteiger partial charge on any atom is -0.457 e. The fourth-order valence-electron chi connectivity index (χ4n) is 1.75. The number of allylic oxidation sites excluding steroid dienone is 4. The Labute approximate surface area is 122 Å². The molecule has 0 saturated heterocycles. The Kier molecular flexibility index (Phi) is 6.82. The Morgan fingerprint density at radius 3 is 2.50 bits per heavy atom. The summed E-state index contributed by atoms with van der Waals surface area (Å²) >= 11 is 0. The van der Waals surface area contributed by atoms with Crippen molar-refractivity contribution in [2.45, 2.75) is 33.7 Å². The first-order valence-corrected chi connectivity index (χ1v) is 7.08. The maximum absolute atomic E-state index is 5.89. The van der Waals surface area contributed by atoms with Crippen molar-refractivity contribution in [2.24, 2.45) is 11.7 Å². The largest absolute Gasteiger partial charge is 0.457 e. The SMILES string of the molecule is C=CC=C(C=C(C)C(C)CC)Oc1ccc(CN)cc1. The molecule has 1 aromatic carbocycles. The maximum Gasteiger partial charge on any atom is 0.127 e. The normalized spacial score (nSPS) is 14.0. The van der Waals surface area contributed by atoms with Gasteiger partial charge in [0.2, 0.25) is 0 Å². The summed E-state index contributed by atoms with van der Waals surface area (Å²) in [6.07, 6.45) is 6.81. The van der Waals surface area contributed by atoms with Crippen LogP contribution in [-0.4, -0.2) is 0 Å². The zero-order valence-electron chi connectivity index (χ0n) is 12.7. The fraction of sp³-hybridized carbons (Fsp3) is 0.333. The average molecular weight is 271 g/mol. The lowest BCUT2D eigenvalue weighted by atomic mass is 9.99. The van der Waals surface area contributed by atoms with Gasteiger partial charge in [0.1, 0.15) is 11.5 Å². The van der Waals surface area contributed by atoms with Crippen LogP contribution >= 0.6 is 0 Å². The summed E-state index contributed by atoms with van der Waals surface area (Å²) in [6.45, 7) is 10.8. The first kappa shape index (κ1) is 16.3. The van der Waals surface area contributed by atoms with E-state index in [1.165, 1.54) is 5.57 Å². The van der Waals surface area contributed by atoms with Crippen LogP contribution in [-0.2, 0) is 6.54 Å². The molecule has 1 unspecified atom stereocenters. The molecule has 20 heavy (non-hydrogen) atoms. The highest BCUT2D eigenvalue weighted by atomic mass is 16.5. The predicted octanol–water partition coefficient (Wildman–Crippen LogP) is 4.59. The zero-order valence-corrected chi connectivity index (χ0v) is 12.7. The molecule has 1 atom stereocenters. The second-order valence-electron chi connectivity index (χ2n) is 4.95.